The lowest BCUT2D eigenvalue weighted by molar-refractivity contribution is -0.139. The first-order chi connectivity index (χ1) is 12.3. The standard InChI is InChI=1S/C19H18F3NO3/c20-19(21,22)15-9-5-4-8-14(15)12-17(24)23-16(10-11-18(25)26)13-6-2-1-3-7-13/h1-9,16H,10-12H2,(H,23,24)(H,25,26). The second-order valence-corrected chi connectivity index (χ2v) is 5.79. The van der Waals surface area contributed by atoms with E-state index in [-0.39, 0.29) is 18.4 Å². The van der Waals surface area contributed by atoms with Gasteiger partial charge in [0, 0.05) is 6.42 Å². The summed E-state index contributed by atoms with van der Waals surface area (Å²) in [5.74, 6) is -1.61. The number of hydrogen-bond acceptors (Lipinski definition) is 2. The van der Waals surface area contributed by atoms with Crippen LogP contribution in [0.25, 0.3) is 0 Å². The van der Waals surface area contributed by atoms with E-state index in [1.54, 1.807) is 30.3 Å². The third kappa shape index (κ3) is 5.61. The third-order valence-electron chi connectivity index (χ3n) is 3.86. The summed E-state index contributed by atoms with van der Waals surface area (Å²) in [7, 11) is 0. The van der Waals surface area contributed by atoms with Crippen LogP contribution in [0.4, 0.5) is 13.2 Å². The Morgan fingerprint density at radius 2 is 1.62 bits per heavy atom. The number of alkyl halides is 3. The molecule has 2 aromatic rings. The molecule has 1 atom stereocenters. The average molecular weight is 365 g/mol. The van der Waals surface area contributed by atoms with Crippen LogP contribution in [0.2, 0.25) is 0 Å². The number of halogens is 3. The highest BCUT2D eigenvalue weighted by Gasteiger charge is 2.33. The molecule has 2 N–H and O–H groups in total. The van der Waals surface area contributed by atoms with Gasteiger partial charge in [-0.2, -0.15) is 13.2 Å². The zero-order valence-corrected chi connectivity index (χ0v) is 13.8. The number of nitrogens with one attached hydrogen (secondary N) is 1. The van der Waals surface area contributed by atoms with Crippen LogP contribution < -0.4 is 5.32 Å². The van der Waals surface area contributed by atoms with Gasteiger partial charge in [0.25, 0.3) is 0 Å². The lowest BCUT2D eigenvalue weighted by atomic mass is 10.00. The number of carbonyl (C=O) groups is 2. The molecule has 2 aromatic carbocycles. The van der Waals surface area contributed by atoms with Crippen molar-refractivity contribution in [3.63, 3.8) is 0 Å². The Bertz CT molecular complexity index is 760. The Balaban J connectivity index is 2.14. The van der Waals surface area contributed by atoms with Crippen molar-refractivity contribution < 1.29 is 27.9 Å². The predicted molar refractivity (Wildman–Crippen MR) is 89.3 cm³/mol. The maximum atomic E-state index is 13.0. The first-order valence-corrected chi connectivity index (χ1v) is 7.98. The molecule has 0 radical (unpaired) electrons. The molecule has 138 valence electrons. The van der Waals surface area contributed by atoms with E-state index in [4.69, 9.17) is 5.11 Å². The maximum absolute atomic E-state index is 13.0. The zero-order chi connectivity index (χ0) is 19.2. The molecule has 2 rings (SSSR count). The van der Waals surface area contributed by atoms with E-state index < -0.39 is 36.1 Å². The Kier molecular flexibility index (Phi) is 6.38. The minimum absolute atomic E-state index is 0.123. The Morgan fingerprint density at radius 1 is 1.00 bits per heavy atom. The summed E-state index contributed by atoms with van der Waals surface area (Å²) in [6.45, 7) is 0. The number of hydrogen-bond donors (Lipinski definition) is 2. The number of rotatable bonds is 7. The summed E-state index contributed by atoms with van der Waals surface area (Å²) in [6, 6.07) is 13.0. The molecule has 0 aromatic heterocycles. The fraction of sp³-hybridized carbons (Fsp3) is 0.263. The lowest BCUT2D eigenvalue weighted by Gasteiger charge is -2.19. The van der Waals surface area contributed by atoms with Crippen molar-refractivity contribution in [2.24, 2.45) is 0 Å². The summed E-state index contributed by atoms with van der Waals surface area (Å²) < 4.78 is 39.1. The van der Waals surface area contributed by atoms with E-state index in [0.29, 0.717) is 5.56 Å². The van der Waals surface area contributed by atoms with Gasteiger partial charge in [0.2, 0.25) is 5.91 Å². The van der Waals surface area contributed by atoms with Crippen molar-refractivity contribution in [3.05, 3.63) is 71.3 Å². The fourth-order valence-electron chi connectivity index (χ4n) is 2.64. The van der Waals surface area contributed by atoms with E-state index in [1.807, 2.05) is 0 Å². The molecular weight excluding hydrogens is 347 g/mol. The van der Waals surface area contributed by atoms with Gasteiger partial charge < -0.3 is 10.4 Å². The van der Waals surface area contributed by atoms with E-state index in [1.165, 1.54) is 18.2 Å². The summed E-state index contributed by atoms with van der Waals surface area (Å²) in [6.07, 6.45) is -5.00. The van der Waals surface area contributed by atoms with Crippen LogP contribution in [0.15, 0.2) is 54.6 Å². The molecule has 0 aliphatic rings. The highest BCUT2D eigenvalue weighted by molar-refractivity contribution is 5.79. The number of carboxylic acids is 1. The Hall–Kier alpha value is -2.83. The molecule has 26 heavy (non-hydrogen) atoms. The van der Waals surface area contributed by atoms with Crippen LogP contribution in [0.5, 0.6) is 0 Å². The second-order valence-electron chi connectivity index (χ2n) is 5.79. The van der Waals surface area contributed by atoms with Crippen molar-refractivity contribution in [2.45, 2.75) is 31.5 Å². The molecule has 7 heteroatoms. The quantitative estimate of drug-likeness (QED) is 0.780. The minimum Gasteiger partial charge on any atom is -0.481 e. The topological polar surface area (TPSA) is 66.4 Å². The van der Waals surface area contributed by atoms with Crippen LogP contribution in [-0.4, -0.2) is 17.0 Å². The Morgan fingerprint density at radius 3 is 2.23 bits per heavy atom. The molecule has 1 amide bonds. The SMILES string of the molecule is O=C(O)CCC(NC(=O)Cc1ccccc1C(F)(F)F)c1ccccc1. The van der Waals surface area contributed by atoms with Gasteiger partial charge >= 0.3 is 12.1 Å². The molecule has 0 saturated carbocycles. The summed E-state index contributed by atoms with van der Waals surface area (Å²) in [5, 5.41) is 11.5. The van der Waals surface area contributed by atoms with Gasteiger partial charge in [-0.05, 0) is 23.6 Å². The van der Waals surface area contributed by atoms with E-state index in [2.05, 4.69) is 5.32 Å². The van der Waals surface area contributed by atoms with Gasteiger partial charge in [-0.1, -0.05) is 48.5 Å². The van der Waals surface area contributed by atoms with Crippen LogP contribution >= 0.6 is 0 Å². The third-order valence-corrected chi connectivity index (χ3v) is 3.86. The van der Waals surface area contributed by atoms with E-state index >= 15 is 0 Å². The van der Waals surface area contributed by atoms with Gasteiger partial charge in [0.15, 0.2) is 0 Å². The van der Waals surface area contributed by atoms with Crippen molar-refractivity contribution in [1.29, 1.82) is 0 Å². The average Bonchev–Trinajstić information content (AvgIpc) is 2.58. The molecule has 0 spiro atoms. The first kappa shape index (κ1) is 19.5. The molecule has 0 aliphatic carbocycles. The van der Waals surface area contributed by atoms with Crippen molar-refractivity contribution in [2.75, 3.05) is 0 Å². The summed E-state index contributed by atoms with van der Waals surface area (Å²) in [5.41, 5.74) is -0.273. The van der Waals surface area contributed by atoms with Crippen molar-refractivity contribution in [1.82, 2.24) is 5.32 Å². The second kappa shape index (κ2) is 8.51. The normalized spacial score (nSPS) is 12.4. The molecule has 0 heterocycles. The lowest BCUT2D eigenvalue weighted by Crippen LogP contribution is -2.31. The van der Waals surface area contributed by atoms with Gasteiger partial charge in [-0.15, -0.1) is 0 Å². The molecular formula is C19H18F3NO3. The highest BCUT2D eigenvalue weighted by Crippen LogP contribution is 2.32. The monoisotopic (exact) mass is 365 g/mol. The zero-order valence-electron chi connectivity index (χ0n) is 13.8. The highest BCUT2D eigenvalue weighted by atomic mass is 19.4. The smallest absolute Gasteiger partial charge is 0.416 e. The van der Waals surface area contributed by atoms with Gasteiger partial charge in [-0.3, -0.25) is 9.59 Å². The molecule has 0 bridgehead atoms. The minimum atomic E-state index is -4.54. The van der Waals surface area contributed by atoms with Crippen molar-refractivity contribution >= 4 is 11.9 Å². The molecule has 0 aliphatic heterocycles. The van der Waals surface area contributed by atoms with Crippen LogP contribution in [0.1, 0.15) is 35.6 Å². The molecule has 4 nitrogen and oxygen atoms in total. The van der Waals surface area contributed by atoms with Gasteiger partial charge in [-0.25, -0.2) is 0 Å². The molecule has 1 unspecified atom stereocenters. The van der Waals surface area contributed by atoms with Crippen LogP contribution in [0.3, 0.4) is 0 Å². The summed E-state index contributed by atoms with van der Waals surface area (Å²) in [4.78, 5) is 23.1. The van der Waals surface area contributed by atoms with E-state index in [0.717, 1.165) is 6.07 Å². The number of amides is 1. The number of benzene rings is 2. The molecule has 0 fully saturated rings. The predicted octanol–water partition coefficient (Wildman–Crippen LogP) is 3.97. The maximum Gasteiger partial charge on any atom is 0.416 e. The largest absolute Gasteiger partial charge is 0.481 e. The number of aliphatic carboxylic acids is 1. The fourth-order valence-corrected chi connectivity index (χ4v) is 2.64. The first-order valence-electron chi connectivity index (χ1n) is 7.98. The van der Waals surface area contributed by atoms with Gasteiger partial charge in [0.1, 0.15) is 0 Å². The van der Waals surface area contributed by atoms with Crippen LogP contribution in [-0.2, 0) is 22.2 Å². The molecule has 0 saturated heterocycles. The van der Waals surface area contributed by atoms with E-state index in [9.17, 15) is 22.8 Å². The summed E-state index contributed by atoms with van der Waals surface area (Å²) >= 11 is 0. The van der Waals surface area contributed by atoms with Crippen molar-refractivity contribution in [3.8, 4) is 0 Å². The number of carbonyl (C=O) groups excluding carboxylic acids is 1. The number of carboxylic acid groups (broad SMARTS) is 1. The van der Waals surface area contributed by atoms with Crippen LogP contribution in [0, 0.1) is 0 Å². The van der Waals surface area contributed by atoms with Gasteiger partial charge in [0.05, 0.1) is 18.0 Å². The Labute approximate surface area is 148 Å².